The number of hydrogen-bond acceptors (Lipinski definition) is 6. The first-order valence-electron chi connectivity index (χ1n) is 8.45. The maximum absolute atomic E-state index is 12.1. The number of benzene rings is 1. The highest BCUT2D eigenvalue weighted by molar-refractivity contribution is 6.33. The van der Waals surface area contributed by atoms with Crippen molar-refractivity contribution in [3.63, 3.8) is 0 Å². The minimum Gasteiger partial charge on any atom is -0.454 e. The van der Waals surface area contributed by atoms with Crippen LogP contribution in [0.2, 0.25) is 5.02 Å². The molecule has 2 aliphatic heterocycles. The predicted octanol–water partition coefficient (Wildman–Crippen LogP) is 2.74. The lowest BCUT2D eigenvalue weighted by Crippen LogP contribution is -2.61. The van der Waals surface area contributed by atoms with Crippen molar-refractivity contribution in [3.8, 4) is 23.0 Å². The molecule has 0 aliphatic carbocycles. The average Bonchev–Trinajstić information content (AvgIpc) is 3.17. The quantitative estimate of drug-likeness (QED) is 0.886. The number of amides is 1. The minimum absolute atomic E-state index is 0.0175. The van der Waals surface area contributed by atoms with E-state index in [1.807, 2.05) is 20.8 Å². The van der Waals surface area contributed by atoms with Crippen molar-refractivity contribution in [2.24, 2.45) is 0 Å². The Morgan fingerprint density at radius 3 is 2.81 bits per heavy atom. The molecule has 1 N–H and O–H groups in total. The van der Waals surface area contributed by atoms with Gasteiger partial charge in [0, 0.05) is 25.7 Å². The van der Waals surface area contributed by atoms with Crippen LogP contribution in [-0.4, -0.2) is 41.2 Å². The van der Waals surface area contributed by atoms with Crippen LogP contribution in [0.3, 0.4) is 0 Å². The third kappa shape index (κ3) is 2.81. The summed E-state index contributed by atoms with van der Waals surface area (Å²) in [6.45, 7) is 7.77. The summed E-state index contributed by atoms with van der Waals surface area (Å²) in [6, 6.07) is 3.48. The third-order valence-corrected chi connectivity index (χ3v) is 5.25. The largest absolute Gasteiger partial charge is 0.454 e. The molecular formula is C18H20ClN3O4. The first kappa shape index (κ1) is 17.2. The first-order chi connectivity index (χ1) is 12.4. The van der Waals surface area contributed by atoms with Crippen LogP contribution in [0, 0.1) is 6.92 Å². The lowest BCUT2D eigenvalue weighted by atomic mass is 9.98. The van der Waals surface area contributed by atoms with E-state index in [-0.39, 0.29) is 12.7 Å². The van der Waals surface area contributed by atoms with Gasteiger partial charge in [-0.25, -0.2) is 4.98 Å². The second kappa shape index (κ2) is 6.17. The summed E-state index contributed by atoms with van der Waals surface area (Å²) >= 11 is 6.36. The molecule has 0 unspecified atom stereocenters. The molecule has 2 aliphatic rings. The molecule has 0 radical (unpaired) electrons. The van der Waals surface area contributed by atoms with Crippen molar-refractivity contribution in [2.45, 2.75) is 32.9 Å². The van der Waals surface area contributed by atoms with Gasteiger partial charge in [-0.2, -0.15) is 0 Å². The van der Waals surface area contributed by atoms with Gasteiger partial charge < -0.3 is 19.2 Å². The van der Waals surface area contributed by atoms with Crippen LogP contribution in [0.5, 0.6) is 11.5 Å². The lowest BCUT2D eigenvalue weighted by Gasteiger charge is -2.40. The first-order valence-corrected chi connectivity index (χ1v) is 8.83. The zero-order chi connectivity index (χ0) is 18.5. The number of nitrogens with zero attached hydrogens (tertiary/aromatic N) is 2. The Bertz CT molecular complexity index is 878. The van der Waals surface area contributed by atoms with Gasteiger partial charge in [0.25, 0.3) is 0 Å². The molecule has 0 spiro atoms. The van der Waals surface area contributed by atoms with E-state index in [1.54, 1.807) is 12.1 Å². The van der Waals surface area contributed by atoms with Crippen LogP contribution in [-0.2, 0) is 11.3 Å². The molecule has 0 atom stereocenters. The SMILES string of the molecule is Cc1oc(-c2cc3c(cc2Cl)OCO3)nc1CN1CCNC(=O)C1(C)C. The van der Waals surface area contributed by atoms with Crippen LogP contribution < -0.4 is 14.8 Å². The van der Waals surface area contributed by atoms with Gasteiger partial charge in [-0.3, -0.25) is 9.69 Å². The maximum atomic E-state index is 12.1. The Kier molecular flexibility index (Phi) is 4.08. The normalized spacial score (nSPS) is 18.8. The second-order valence-corrected chi connectivity index (χ2v) is 7.35. The highest BCUT2D eigenvalue weighted by Crippen LogP contribution is 2.41. The van der Waals surface area contributed by atoms with Gasteiger partial charge in [-0.05, 0) is 26.8 Å². The number of halogens is 1. The Hall–Kier alpha value is -2.25. The zero-order valence-corrected chi connectivity index (χ0v) is 15.6. The van der Waals surface area contributed by atoms with Gasteiger partial charge in [0.15, 0.2) is 11.5 Å². The Morgan fingerprint density at radius 2 is 2.04 bits per heavy atom. The highest BCUT2D eigenvalue weighted by atomic mass is 35.5. The Morgan fingerprint density at radius 1 is 1.31 bits per heavy atom. The number of nitrogens with one attached hydrogen (secondary N) is 1. The number of hydrogen-bond donors (Lipinski definition) is 1. The summed E-state index contributed by atoms with van der Waals surface area (Å²) in [4.78, 5) is 18.9. The maximum Gasteiger partial charge on any atom is 0.240 e. The van der Waals surface area contributed by atoms with Crippen molar-refractivity contribution >= 4 is 17.5 Å². The molecule has 26 heavy (non-hydrogen) atoms. The number of carbonyl (C=O) groups is 1. The van der Waals surface area contributed by atoms with Crippen molar-refractivity contribution in [3.05, 3.63) is 28.6 Å². The predicted molar refractivity (Wildman–Crippen MR) is 95.3 cm³/mol. The lowest BCUT2D eigenvalue weighted by molar-refractivity contribution is -0.135. The van der Waals surface area contributed by atoms with Crippen LogP contribution in [0.25, 0.3) is 11.5 Å². The van der Waals surface area contributed by atoms with Crippen LogP contribution in [0.15, 0.2) is 16.5 Å². The van der Waals surface area contributed by atoms with Crippen molar-refractivity contribution in [1.29, 1.82) is 0 Å². The molecule has 1 fully saturated rings. The van der Waals surface area contributed by atoms with E-state index in [1.165, 1.54) is 0 Å². The van der Waals surface area contributed by atoms with E-state index in [0.29, 0.717) is 46.8 Å². The summed E-state index contributed by atoms with van der Waals surface area (Å²) in [6.07, 6.45) is 0. The number of piperazine rings is 1. The number of aryl methyl sites for hydroxylation is 1. The number of carbonyl (C=O) groups excluding carboxylic acids is 1. The molecule has 3 heterocycles. The molecule has 1 aromatic carbocycles. The van der Waals surface area contributed by atoms with E-state index in [9.17, 15) is 4.79 Å². The third-order valence-electron chi connectivity index (χ3n) is 4.94. The topological polar surface area (TPSA) is 76.8 Å². The number of aromatic nitrogens is 1. The fraction of sp³-hybridized carbons (Fsp3) is 0.444. The van der Waals surface area contributed by atoms with E-state index in [2.05, 4.69) is 15.2 Å². The molecule has 4 rings (SSSR count). The van der Waals surface area contributed by atoms with Crippen LogP contribution in [0.1, 0.15) is 25.3 Å². The Balaban J connectivity index is 1.63. The number of oxazole rings is 1. The smallest absolute Gasteiger partial charge is 0.240 e. The van der Waals surface area contributed by atoms with Gasteiger partial charge >= 0.3 is 0 Å². The van der Waals surface area contributed by atoms with Crippen molar-refractivity contribution in [2.75, 3.05) is 19.9 Å². The molecular weight excluding hydrogens is 358 g/mol. The van der Waals surface area contributed by atoms with Crippen LogP contribution >= 0.6 is 11.6 Å². The summed E-state index contributed by atoms with van der Waals surface area (Å²) in [5.41, 5.74) is 0.845. The van der Waals surface area contributed by atoms with E-state index in [0.717, 1.165) is 12.2 Å². The van der Waals surface area contributed by atoms with Crippen molar-refractivity contribution < 1.29 is 18.7 Å². The highest BCUT2D eigenvalue weighted by Gasteiger charge is 2.38. The molecule has 0 saturated carbocycles. The summed E-state index contributed by atoms with van der Waals surface area (Å²) < 4.78 is 16.6. The van der Waals surface area contributed by atoms with Gasteiger partial charge in [0.1, 0.15) is 5.76 Å². The number of fused-ring (bicyclic) bond motifs is 1. The molecule has 138 valence electrons. The second-order valence-electron chi connectivity index (χ2n) is 6.94. The summed E-state index contributed by atoms with van der Waals surface area (Å²) in [7, 11) is 0. The fourth-order valence-electron chi connectivity index (χ4n) is 3.17. The summed E-state index contributed by atoms with van der Waals surface area (Å²) in [5.74, 6) is 2.39. The molecule has 8 heteroatoms. The van der Waals surface area contributed by atoms with Crippen molar-refractivity contribution in [1.82, 2.24) is 15.2 Å². The fourth-order valence-corrected chi connectivity index (χ4v) is 3.41. The van der Waals surface area contributed by atoms with Gasteiger partial charge in [0.2, 0.25) is 18.6 Å². The van der Waals surface area contributed by atoms with Gasteiger partial charge in [-0.1, -0.05) is 11.6 Å². The molecule has 2 aromatic rings. The molecule has 0 bridgehead atoms. The van der Waals surface area contributed by atoms with E-state index >= 15 is 0 Å². The minimum atomic E-state index is -0.597. The molecule has 1 saturated heterocycles. The molecule has 1 aromatic heterocycles. The average molecular weight is 378 g/mol. The standard InChI is InChI=1S/C18H20ClN3O4/c1-10-13(8-22-5-4-20-17(23)18(22,2)3)21-16(26-10)11-6-14-15(7-12(11)19)25-9-24-14/h6-7H,4-5,8-9H2,1-3H3,(H,20,23). The molecule has 7 nitrogen and oxygen atoms in total. The number of ether oxygens (including phenoxy) is 2. The zero-order valence-electron chi connectivity index (χ0n) is 14.9. The van der Waals surface area contributed by atoms with E-state index in [4.69, 9.17) is 25.5 Å². The van der Waals surface area contributed by atoms with Gasteiger partial charge in [0.05, 0.1) is 21.8 Å². The number of rotatable bonds is 3. The van der Waals surface area contributed by atoms with Crippen LogP contribution in [0.4, 0.5) is 0 Å². The Labute approximate surface area is 156 Å². The monoisotopic (exact) mass is 377 g/mol. The van der Waals surface area contributed by atoms with E-state index < -0.39 is 5.54 Å². The molecule has 1 amide bonds. The summed E-state index contributed by atoms with van der Waals surface area (Å²) in [5, 5.41) is 3.38. The van der Waals surface area contributed by atoms with Gasteiger partial charge in [-0.15, -0.1) is 0 Å².